The molecule has 2 N–H and O–H groups in total. The average molecular weight is 182 g/mol. The normalized spacial score (nSPS) is 34.8. The molecule has 2 unspecified atom stereocenters. The van der Waals surface area contributed by atoms with E-state index in [1.54, 1.807) is 0 Å². The number of rotatable bonds is 4. The zero-order chi connectivity index (χ0) is 9.10. The van der Waals surface area contributed by atoms with E-state index in [2.05, 4.69) is 17.6 Å². The van der Waals surface area contributed by atoms with Crippen molar-refractivity contribution < 1.29 is 0 Å². The van der Waals surface area contributed by atoms with Crippen LogP contribution in [0.2, 0.25) is 0 Å². The molecule has 13 heavy (non-hydrogen) atoms. The molecule has 2 fully saturated rings. The molecule has 1 aliphatic carbocycles. The highest BCUT2D eigenvalue weighted by atomic mass is 15.0. The number of hydrogen-bond acceptors (Lipinski definition) is 2. The van der Waals surface area contributed by atoms with Crippen LogP contribution in [0.4, 0.5) is 0 Å². The molecule has 0 aromatic heterocycles. The van der Waals surface area contributed by atoms with Crippen molar-refractivity contribution in [2.75, 3.05) is 6.54 Å². The van der Waals surface area contributed by atoms with Crippen LogP contribution >= 0.6 is 0 Å². The van der Waals surface area contributed by atoms with Crippen LogP contribution in [0.1, 0.15) is 45.4 Å². The zero-order valence-electron chi connectivity index (χ0n) is 8.68. The first-order chi connectivity index (χ1) is 6.34. The molecular formula is C11H22N2. The molecule has 0 amide bonds. The second kappa shape index (κ2) is 4.43. The van der Waals surface area contributed by atoms with Crippen molar-refractivity contribution >= 4 is 0 Å². The number of nitrogens with one attached hydrogen (secondary N) is 2. The third-order valence-electron chi connectivity index (χ3n) is 3.50. The second-order valence-corrected chi connectivity index (χ2v) is 4.71. The van der Waals surface area contributed by atoms with Gasteiger partial charge in [0.15, 0.2) is 0 Å². The molecule has 0 aromatic rings. The highest BCUT2D eigenvalue weighted by Gasteiger charge is 2.21. The molecule has 2 rings (SSSR count). The van der Waals surface area contributed by atoms with Gasteiger partial charge in [-0.2, -0.15) is 0 Å². The van der Waals surface area contributed by atoms with Crippen LogP contribution in [0.25, 0.3) is 0 Å². The van der Waals surface area contributed by atoms with Crippen molar-refractivity contribution in [1.29, 1.82) is 0 Å². The Morgan fingerprint density at radius 1 is 1.23 bits per heavy atom. The van der Waals surface area contributed by atoms with Crippen LogP contribution in [0.5, 0.6) is 0 Å². The Morgan fingerprint density at radius 3 is 2.62 bits per heavy atom. The first kappa shape index (κ1) is 9.47. The summed E-state index contributed by atoms with van der Waals surface area (Å²) >= 11 is 0. The quantitative estimate of drug-likeness (QED) is 0.691. The van der Waals surface area contributed by atoms with E-state index in [-0.39, 0.29) is 0 Å². The van der Waals surface area contributed by atoms with Gasteiger partial charge in [-0.05, 0) is 45.6 Å². The molecule has 2 nitrogen and oxygen atoms in total. The van der Waals surface area contributed by atoms with Gasteiger partial charge in [-0.25, -0.2) is 0 Å². The van der Waals surface area contributed by atoms with E-state index < -0.39 is 0 Å². The molecule has 1 saturated carbocycles. The van der Waals surface area contributed by atoms with E-state index in [1.165, 1.54) is 45.1 Å². The van der Waals surface area contributed by atoms with Crippen molar-refractivity contribution in [2.45, 2.75) is 63.6 Å². The Kier molecular flexibility index (Phi) is 3.23. The van der Waals surface area contributed by atoms with Crippen molar-refractivity contribution in [1.82, 2.24) is 10.6 Å². The predicted octanol–water partition coefficient (Wildman–Crippen LogP) is 1.66. The summed E-state index contributed by atoms with van der Waals surface area (Å²) < 4.78 is 0. The van der Waals surface area contributed by atoms with Crippen LogP contribution in [-0.4, -0.2) is 24.7 Å². The van der Waals surface area contributed by atoms with Gasteiger partial charge in [0.25, 0.3) is 0 Å². The van der Waals surface area contributed by atoms with Gasteiger partial charge in [0, 0.05) is 18.1 Å². The minimum absolute atomic E-state index is 0.758. The van der Waals surface area contributed by atoms with Gasteiger partial charge in [-0.3, -0.25) is 0 Å². The maximum absolute atomic E-state index is 3.62. The summed E-state index contributed by atoms with van der Waals surface area (Å²) in [6, 6.07) is 2.41. The van der Waals surface area contributed by atoms with Crippen molar-refractivity contribution in [3.8, 4) is 0 Å². The molecule has 1 aliphatic heterocycles. The lowest BCUT2D eigenvalue weighted by Crippen LogP contribution is -2.38. The van der Waals surface area contributed by atoms with Crippen molar-refractivity contribution in [3.05, 3.63) is 0 Å². The SMILES string of the molecule is CC1CCC(CCNC2CCC2)N1. The fourth-order valence-corrected chi connectivity index (χ4v) is 2.32. The van der Waals surface area contributed by atoms with E-state index in [9.17, 15) is 0 Å². The van der Waals surface area contributed by atoms with Crippen LogP contribution in [-0.2, 0) is 0 Å². The highest BCUT2D eigenvalue weighted by molar-refractivity contribution is 4.82. The summed E-state index contributed by atoms with van der Waals surface area (Å²) in [5.41, 5.74) is 0. The molecule has 2 heteroatoms. The first-order valence-corrected chi connectivity index (χ1v) is 5.84. The van der Waals surface area contributed by atoms with Gasteiger partial charge in [0.1, 0.15) is 0 Å². The van der Waals surface area contributed by atoms with Crippen molar-refractivity contribution in [2.24, 2.45) is 0 Å². The summed E-state index contributed by atoms with van der Waals surface area (Å²) in [4.78, 5) is 0. The largest absolute Gasteiger partial charge is 0.314 e. The van der Waals surface area contributed by atoms with Gasteiger partial charge in [-0.1, -0.05) is 6.42 Å². The molecule has 0 radical (unpaired) electrons. The van der Waals surface area contributed by atoms with Crippen molar-refractivity contribution in [3.63, 3.8) is 0 Å². The summed E-state index contributed by atoms with van der Waals surface area (Å²) in [6.07, 6.45) is 8.34. The summed E-state index contributed by atoms with van der Waals surface area (Å²) in [7, 11) is 0. The minimum Gasteiger partial charge on any atom is -0.314 e. The van der Waals surface area contributed by atoms with Crippen LogP contribution in [0.15, 0.2) is 0 Å². The Hall–Kier alpha value is -0.0800. The van der Waals surface area contributed by atoms with E-state index >= 15 is 0 Å². The molecular weight excluding hydrogens is 160 g/mol. The van der Waals surface area contributed by atoms with Crippen LogP contribution in [0, 0.1) is 0 Å². The third-order valence-corrected chi connectivity index (χ3v) is 3.50. The second-order valence-electron chi connectivity index (χ2n) is 4.71. The Balaban J connectivity index is 1.52. The van der Waals surface area contributed by atoms with E-state index in [4.69, 9.17) is 0 Å². The topological polar surface area (TPSA) is 24.1 Å². The summed E-state index contributed by atoms with van der Waals surface area (Å²) in [5.74, 6) is 0. The van der Waals surface area contributed by atoms with Crippen LogP contribution < -0.4 is 10.6 Å². The summed E-state index contributed by atoms with van der Waals surface area (Å²) in [5, 5.41) is 7.24. The van der Waals surface area contributed by atoms with E-state index in [1.807, 2.05) is 0 Å². The smallest absolute Gasteiger partial charge is 0.00821 e. The van der Waals surface area contributed by atoms with E-state index in [0.29, 0.717) is 0 Å². The lowest BCUT2D eigenvalue weighted by atomic mass is 9.93. The maximum atomic E-state index is 3.62. The molecule has 0 spiro atoms. The minimum atomic E-state index is 0.758. The average Bonchev–Trinajstić information content (AvgIpc) is 2.42. The van der Waals surface area contributed by atoms with E-state index in [0.717, 1.165) is 18.1 Å². The predicted molar refractivity (Wildman–Crippen MR) is 55.9 cm³/mol. The van der Waals surface area contributed by atoms with Gasteiger partial charge >= 0.3 is 0 Å². The van der Waals surface area contributed by atoms with Gasteiger partial charge in [0.05, 0.1) is 0 Å². The maximum Gasteiger partial charge on any atom is 0.00821 e. The zero-order valence-corrected chi connectivity index (χ0v) is 8.68. The third kappa shape index (κ3) is 2.68. The fourth-order valence-electron chi connectivity index (χ4n) is 2.32. The first-order valence-electron chi connectivity index (χ1n) is 5.84. The molecule has 0 aromatic carbocycles. The fraction of sp³-hybridized carbons (Fsp3) is 1.00. The highest BCUT2D eigenvalue weighted by Crippen LogP contribution is 2.18. The lowest BCUT2D eigenvalue weighted by Gasteiger charge is -2.27. The molecule has 2 atom stereocenters. The molecule has 1 saturated heterocycles. The molecule has 1 heterocycles. The standard InChI is InChI=1S/C11H22N2/c1-9-5-6-11(13-9)7-8-12-10-3-2-4-10/h9-13H,2-8H2,1H3. The number of hydrogen-bond donors (Lipinski definition) is 2. The Morgan fingerprint density at radius 2 is 2.08 bits per heavy atom. The Labute approximate surface area is 81.5 Å². The molecule has 0 bridgehead atoms. The summed E-state index contributed by atoms with van der Waals surface area (Å²) in [6.45, 7) is 3.51. The van der Waals surface area contributed by atoms with Crippen LogP contribution in [0.3, 0.4) is 0 Å². The lowest BCUT2D eigenvalue weighted by molar-refractivity contribution is 0.331. The van der Waals surface area contributed by atoms with Gasteiger partial charge < -0.3 is 10.6 Å². The molecule has 76 valence electrons. The Bertz CT molecular complexity index is 154. The van der Waals surface area contributed by atoms with Gasteiger partial charge in [-0.15, -0.1) is 0 Å². The van der Waals surface area contributed by atoms with Gasteiger partial charge in [0.2, 0.25) is 0 Å². The monoisotopic (exact) mass is 182 g/mol. The molecule has 2 aliphatic rings.